The monoisotopic (exact) mass is 363 g/mol. The lowest BCUT2D eigenvalue weighted by molar-refractivity contribution is -0.115. The predicted molar refractivity (Wildman–Crippen MR) is 100 cm³/mol. The molecule has 0 fully saturated rings. The van der Waals surface area contributed by atoms with Crippen molar-refractivity contribution in [2.45, 2.75) is 6.42 Å². The first-order valence-electron chi connectivity index (χ1n) is 7.99. The number of anilines is 1. The van der Waals surface area contributed by atoms with E-state index in [0.717, 1.165) is 16.8 Å². The smallest absolute Gasteiger partial charge is 0.228 e. The molecule has 1 N–H and O–H groups in total. The normalized spacial score (nSPS) is 10.8. The third-order valence-corrected chi connectivity index (χ3v) is 4.13. The zero-order chi connectivity index (χ0) is 17.9. The highest BCUT2D eigenvalue weighted by atomic mass is 35.5. The molecular weight excluding hydrogens is 350 g/mol. The van der Waals surface area contributed by atoms with E-state index < -0.39 is 0 Å². The summed E-state index contributed by atoms with van der Waals surface area (Å²) >= 11 is 5.87. The zero-order valence-corrected chi connectivity index (χ0v) is 14.4. The molecule has 0 aliphatic rings. The number of hydrogen-bond donors (Lipinski definition) is 1. The summed E-state index contributed by atoms with van der Waals surface area (Å²) in [5.41, 5.74) is 3.96. The molecule has 0 aliphatic carbocycles. The Balaban J connectivity index is 1.51. The van der Waals surface area contributed by atoms with Crippen molar-refractivity contribution in [3.63, 3.8) is 0 Å². The summed E-state index contributed by atoms with van der Waals surface area (Å²) in [6, 6.07) is 18.5. The molecule has 4 rings (SSSR count). The number of fused-ring (bicyclic) bond motifs is 1. The van der Waals surface area contributed by atoms with E-state index in [2.05, 4.69) is 20.6 Å². The van der Waals surface area contributed by atoms with Crippen molar-refractivity contribution in [3.05, 3.63) is 77.6 Å². The maximum atomic E-state index is 12.3. The Morgan fingerprint density at radius 1 is 1.08 bits per heavy atom. The second-order valence-electron chi connectivity index (χ2n) is 5.78. The first-order valence-corrected chi connectivity index (χ1v) is 8.37. The van der Waals surface area contributed by atoms with E-state index >= 15 is 0 Å². The molecule has 1 amide bonds. The van der Waals surface area contributed by atoms with Crippen molar-refractivity contribution in [3.8, 4) is 11.3 Å². The summed E-state index contributed by atoms with van der Waals surface area (Å²) in [7, 11) is 0. The highest BCUT2D eigenvalue weighted by Gasteiger charge is 2.07. The average molecular weight is 364 g/mol. The quantitative estimate of drug-likeness (QED) is 0.601. The third-order valence-electron chi connectivity index (χ3n) is 3.88. The second-order valence-corrected chi connectivity index (χ2v) is 6.22. The van der Waals surface area contributed by atoms with E-state index in [1.165, 1.54) is 0 Å². The summed E-state index contributed by atoms with van der Waals surface area (Å²) < 4.78 is 1.61. The summed E-state index contributed by atoms with van der Waals surface area (Å²) in [5.74, 6) is -0.0910. The number of carbonyl (C=O) groups is 1. The molecule has 0 bridgehead atoms. The predicted octanol–water partition coefficient (Wildman–Crippen LogP) is 3.63. The summed E-state index contributed by atoms with van der Waals surface area (Å²) in [6.45, 7) is 0. The Hall–Kier alpha value is -3.25. The van der Waals surface area contributed by atoms with E-state index in [0.29, 0.717) is 16.4 Å². The molecule has 6 nitrogen and oxygen atoms in total. The summed E-state index contributed by atoms with van der Waals surface area (Å²) in [4.78, 5) is 12.3. The molecule has 4 aromatic rings. The molecule has 0 radical (unpaired) electrons. The van der Waals surface area contributed by atoms with Gasteiger partial charge in [0.05, 0.1) is 12.1 Å². The Morgan fingerprint density at radius 2 is 1.92 bits per heavy atom. The Labute approximate surface area is 154 Å². The maximum Gasteiger partial charge on any atom is 0.228 e. The van der Waals surface area contributed by atoms with E-state index in [9.17, 15) is 4.79 Å². The molecule has 7 heteroatoms. The number of benzene rings is 2. The van der Waals surface area contributed by atoms with Gasteiger partial charge in [0.2, 0.25) is 5.91 Å². The topological polar surface area (TPSA) is 72.2 Å². The lowest BCUT2D eigenvalue weighted by Crippen LogP contribution is -2.14. The third kappa shape index (κ3) is 3.55. The molecule has 0 saturated heterocycles. The number of nitrogens with zero attached hydrogens (tertiary/aromatic N) is 4. The second kappa shape index (κ2) is 6.93. The van der Waals surface area contributed by atoms with Crippen LogP contribution in [0.1, 0.15) is 5.56 Å². The van der Waals surface area contributed by atoms with Gasteiger partial charge in [0.1, 0.15) is 6.33 Å². The lowest BCUT2D eigenvalue weighted by atomic mass is 10.1. The molecule has 0 spiro atoms. The van der Waals surface area contributed by atoms with Gasteiger partial charge >= 0.3 is 0 Å². The zero-order valence-electron chi connectivity index (χ0n) is 13.6. The van der Waals surface area contributed by atoms with Crippen molar-refractivity contribution in [2.24, 2.45) is 0 Å². The summed E-state index contributed by atoms with van der Waals surface area (Å²) in [5, 5.41) is 15.8. The first kappa shape index (κ1) is 16.2. The Morgan fingerprint density at radius 3 is 2.77 bits per heavy atom. The van der Waals surface area contributed by atoms with Gasteiger partial charge in [0, 0.05) is 16.3 Å². The Kier molecular flexibility index (Phi) is 4.33. The minimum Gasteiger partial charge on any atom is -0.326 e. The SMILES string of the molecule is O=C(Cc1ccc(Cl)cc1)Nc1cccc(-c2ccc3nncn3n2)c1. The number of rotatable bonds is 4. The molecule has 128 valence electrons. The van der Waals surface area contributed by atoms with E-state index in [1.807, 2.05) is 48.5 Å². The van der Waals surface area contributed by atoms with Crippen molar-refractivity contribution in [1.29, 1.82) is 0 Å². The van der Waals surface area contributed by atoms with Crippen LogP contribution in [-0.4, -0.2) is 25.7 Å². The molecule has 2 aromatic carbocycles. The van der Waals surface area contributed by atoms with Crippen LogP contribution < -0.4 is 5.32 Å². The minimum absolute atomic E-state index is 0.0910. The van der Waals surface area contributed by atoms with Crippen LogP contribution in [0.25, 0.3) is 16.9 Å². The Bertz CT molecular complexity index is 1070. The standard InChI is InChI=1S/C19H14ClN5O/c20-15-6-4-13(5-7-15)10-19(26)22-16-3-1-2-14(11-16)17-8-9-18-23-21-12-25(18)24-17/h1-9,11-12H,10H2,(H,22,26). The van der Waals surface area contributed by atoms with E-state index in [1.54, 1.807) is 23.0 Å². The van der Waals surface area contributed by atoms with Gasteiger partial charge in [0.15, 0.2) is 5.65 Å². The van der Waals surface area contributed by atoms with Crippen LogP contribution in [-0.2, 0) is 11.2 Å². The fourth-order valence-electron chi connectivity index (χ4n) is 2.63. The van der Waals surface area contributed by atoms with Gasteiger partial charge in [-0.1, -0.05) is 35.9 Å². The van der Waals surface area contributed by atoms with Gasteiger partial charge < -0.3 is 5.32 Å². The van der Waals surface area contributed by atoms with Crippen molar-refractivity contribution in [1.82, 2.24) is 19.8 Å². The van der Waals surface area contributed by atoms with Gasteiger partial charge in [-0.05, 0) is 42.0 Å². The number of amides is 1. The number of nitrogens with one attached hydrogen (secondary N) is 1. The maximum absolute atomic E-state index is 12.3. The fraction of sp³-hybridized carbons (Fsp3) is 0.0526. The van der Waals surface area contributed by atoms with Crippen LogP contribution in [0.5, 0.6) is 0 Å². The van der Waals surface area contributed by atoms with Crippen LogP contribution >= 0.6 is 11.6 Å². The van der Waals surface area contributed by atoms with Gasteiger partial charge in [-0.2, -0.15) is 9.61 Å². The largest absolute Gasteiger partial charge is 0.326 e. The van der Waals surface area contributed by atoms with Gasteiger partial charge in [-0.3, -0.25) is 4.79 Å². The van der Waals surface area contributed by atoms with Crippen molar-refractivity contribution < 1.29 is 4.79 Å². The molecule has 0 saturated carbocycles. The van der Waals surface area contributed by atoms with Crippen LogP contribution in [0.15, 0.2) is 67.0 Å². The molecule has 0 unspecified atom stereocenters. The van der Waals surface area contributed by atoms with Gasteiger partial charge in [-0.25, -0.2) is 0 Å². The van der Waals surface area contributed by atoms with Crippen molar-refractivity contribution >= 4 is 28.8 Å². The van der Waals surface area contributed by atoms with Gasteiger partial charge in [0.25, 0.3) is 0 Å². The van der Waals surface area contributed by atoms with E-state index in [4.69, 9.17) is 11.6 Å². The van der Waals surface area contributed by atoms with Crippen LogP contribution in [0, 0.1) is 0 Å². The number of carbonyl (C=O) groups excluding carboxylic acids is 1. The van der Waals surface area contributed by atoms with E-state index in [-0.39, 0.29) is 12.3 Å². The molecular formula is C19H14ClN5O. The highest BCUT2D eigenvalue weighted by molar-refractivity contribution is 6.30. The van der Waals surface area contributed by atoms with Gasteiger partial charge in [-0.15, -0.1) is 10.2 Å². The van der Waals surface area contributed by atoms with Crippen LogP contribution in [0.4, 0.5) is 5.69 Å². The molecule has 26 heavy (non-hydrogen) atoms. The number of aromatic nitrogens is 4. The number of halogens is 1. The van der Waals surface area contributed by atoms with Crippen LogP contribution in [0.3, 0.4) is 0 Å². The highest BCUT2D eigenvalue weighted by Crippen LogP contribution is 2.21. The molecule has 0 aliphatic heterocycles. The molecule has 0 atom stereocenters. The van der Waals surface area contributed by atoms with Crippen LogP contribution in [0.2, 0.25) is 5.02 Å². The summed E-state index contributed by atoms with van der Waals surface area (Å²) in [6.07, 6.45) is 1.84. The van der Waals surface area contributed by atoms with Crippen molar-refractivity contribution in [2.75, 3.05) is 5.32 Å². The first-order chi connectivity index (χ1) is 12.7. The molecule has 2 heterocycles. The fourth-order valence-corrected chi connectivity index (χ4v) is 2.76. The molecule has 2 aromatic heterocycles. The minimum atomic E-state index is -0.0910. The lowest BCUT2D eigenvalue weighted by Gasteiger charge is -2.08. The average Bonchev–Trinajstić information content (AvgIpc) is 3.11. The number of hydrogen-bond acceptors (Lipinski definition) is 4.